The van der Waals surface area contributed by atoms with Gasteiger partial charge in [0.1, 0.15) is 5.56 Å². The zero-order valence-electron chi connectivity index (χ0n) is 9.90. The number of amides is 1. The molecule has 8 heteroatoms. The maximum atomic E-state index is 12.1. The lowest BCUT2D eigenvalue weighted by atomic mass is 10.00. The smallest absolute Gasteiger partial charge is 0.310 e. The summed E-state index contributed by atoms with van der Waals surface area (Å²) in [4.78, 5) is 40.3. The van der Waals surface area contributed by atoms with Crippen molar-refractivity contribution >= 4 is 23.6 Å². The van der Waals surface area contributed by atoms with E-state index in [0.29, 0.717) is 11.7 Å². The molecule has 0 aliphatic carbocycles. The second-order valence-corrected chi connectivity index (χ2v) is 5.57. The highest BCUT2D eigenvalue weighted by molar-refractivity contribution is 7.99. The van der Waals surface area contributed by atoms with E-state index < -0.39 is 17.8 Å². The molecule has 2 aliphatic heterocycles. The van der Waals surface area contributed by atoms with Gasteiger partial charge in [-0.05, 0) is 0 Å². The number of aliphatic carboxylic acids is 1. The quantitative estimate of drug-likeness (QED) is 0.735. The third-order valence-corrected chi connectivity index (χ3v) is 4.28. The Morgan fingerprint density at radius 3 is 2.84 bits per heavy atom. The molecule has 0 spiro atoms. The lowest BCUT2D eigenvalue weighted by Crippen LogP contribution is -2.54. The highest BCUT2D eigenvalue weighted by Gasteiger charge is 2.37. The third kappa shape index (κ3) is 1.92. The molecule has 0 unspecified atom stereocenters. The summed E-state index contributed by atoms with van der Waals surface area (Å²) in [7, 11) is 0. The Labute approximate surface area is 112 Å². The number of carboxylic acids is 1. The summed E-state index contributed by atoms with van der Waals surface area (Å²) in [6.45, 7) is 0.874. The number of fused-ring (bicyclic) bond motifs is 1. The Balaban J connectivity index is 1.82. The molecule has 0 atom stereocenters. The van der Waals surface area contributed by atoms with Gasteiger partial charge in [-0.3, -0.25) is 19.0 Å². The van der Waals surface area contributed by atoms with Crippen molar-refractivity contribution in [3.8, 4) is 0 Å². The molecule has 1 aromatic rings. The fraction of sp³-hybridized carbons (Fsp3) is 0.455. The second kappa shape index (κ2) is 4.37. The van der Waals surface area contributed by atoms with Crippen molar-refractivity contribution in [2.75, 3.05) is 18.8 Å². The van der Waals surface area contributed by atoms with Crippen LogP contribution in [0.25, 0.3) is 0 Å². The molecule has 0 radical (unpaired) electrons. The number of aromatic nitrogens is 2. The van der Waals surface area contributed by atoms with Gasteiger partial charge in [0.25, 0.3) is 11.5 Å². The summed E-state index contributed by atoms with van der Waals surface area (Å²) in [6.07, 6.45) is 1.29. The molecule has 1 fully saturated rings. The van der Waals surface area contributed by atoms with Crippen LogP contribution in [0.5, 0.6) is 0 Å². The van der Waals surface area contributed by atoms with Crippen molar-refractivity contribution < 1.29 is 14.7 Å². The van der Waals surface area contributed by atoms with Crippen molar-refractivity contribution in [2.45, 2.75) is 11.7 Å². The zero-order valence-corrected chi connectivity index (χ0v) is 10.7. The van der Waals surface area contributed by atoms with Crippen LogP contribution >= 0.6 is 11.8 Å². The first kappa shape index (κ1) is 12.2. The fourth-order valence-electron chi connectivity index (χ4n) is 2.14. The Bertz CT molecular complexity index is 621. The Hall–Kier alpha value is -1.83. The van der Waals surface area contributed by atoms with Gasteiger partial charge >= 0.3 is 5.97 Å². The van der Waals surface area contributed by atoms with Gasteiger partial charge in [-0.25, -0.2) is 4.98 Å². The maximum absolute atomic E-state index is 12.1. The van der Waals surface area contributed by atoms with Crippen molar-refractivity contribution in [1.29, 1.82) is 0 Å². The van der Waals surface area contributed by atoms with Crippen molar-refractivity contribution in [2.24, 2.45) is 5.92 Å². The number of carboxylic acid groups (broad SMARTS) is 1. The molecule has 7 nitrogen and oxygen atoms in total. The highest BCUT2D eigenvalue weighted by Crippen LogP contribution is 2.22. The minimum absolute atomic E-state index is 0.0232. The molecule has 100 valence electrons. The van der Waals surface area contributed by atoms with Crippen molar-refractivity contribution in [1.82, 2.24) is 14.5 Å². The number of rotatable bonds is 2. The van der Waals surface area contributed by atoms with Crippen LogP contribution in [0.3, 0.4) is 0 Å². The maximum Gasteiger partial charge on any atom is 0.310 e. The number of nitrogens with zero attached hydrogens (tertiary/aromatic N) is 3. The number of carbonyl (C=O) groups is 2. The second-order valence-electron chi connectivity index (χ2n) is 4.50. The van der Waals surface area contributed by atoms with E-state index in [0.717, 1.165) is 5.75 Å². The van der Waals surface area contributed by atoms with E-state index in [1.54, 1.807) is 0 Å². The van der Waals surface area contributed by atoms with Gasteiger partial charge in [0.15, 0.2) is 5.16 Å². The molecule has 1 N–H and O–H groups in total. The third-order valence-electron chi connectivity index (χ3n) is 3.31. The SMILES string of the molecule is O=C(O)C1CN(C(=O)c2cnc3n(c2=O)CCS3)C1. The molecule has 3 rings (SSSR count). The van der Waals surface area contributed by atoms with E-state index in [9.17, 15) is 14.4 Å². The van der Waals surface area contributed by atoms with Crippen LogP contribution in [0, 0.1) is 5.92 Å². The molecule has 0 saturated carbocycles. The van der Waals surface area contributed by atoms with E-state index >= 15 is 0 Å². The summed E-state index contributed by atoms with van der Waals surface area (Å²) in [6, 6.07) is 0. The van der Waals surface area contributed by atoms with Crippen molar-refractivity contribution in [3.63, 3.8) is 0 Å². The van der Waals surface area contributed by atoms with Crippen LogP contribution in [0.15, 0.2) is 16.1 Å². The van der Waals surface area contributed by atoms with Crippen LogP contribution in [0.2, 0.25) is 0 Å². The molecule has 19 heavy (non-hydrogen) atoms. The number of likely N-dealkylation sites (tertiary alicyclic amines) is 1. The topological polar surface area (TPSA) is 92.5 Å². The lowest BCUT2D eigenvalue weighted by molar-refractivity contribution is -0.146. The molecule has 1 amide bonds. The normalized spacial score (nSPS) is 18.0. The van der Waals surface area contributed by atoms with Crippen molar-refractivity contribution in [3.05, 3.63) is 22.1 Å². The molecule has 0 bridgehead atoms. The van der Waals surface area contributed by atoms with E-state index in [1.165, 1.54) is 27.4 Å². The standard InChI is InChI=1S/C11H11N3O4S/c15-8(13-4-6(5-13)10(17)18)7-3-12-11-14(9(7)16)1-2-19-11/h3,6H,1-2,4-5H2,(H,17,18). The minimum Gasteiger partial charge on any atom is -0.481 e. The van der Waals surface area contributed by atoms with Crippen LogP contribution in [0.1, 0.15) is 10.4 Å². The molecular formula is C11H11N3O4S. The number of hydrogen-bond donors (Lipinski definition) is 1. The minimum atomic E-state index is -0.913. The summed E-state index contributed by atoms with van der Waals surface area (Å²) in [5, 5.41) is 9.40. The average Bonchev–Trinajstić information content (AvgIpc) is 2.75. The summed E-state index contributed by atoms with van der Waals surface area (Å²) < 4.78 is 1.49. The average molecular weight is 281 g/mol. The van der Waals surface area contributed by atoms with Crippen LogP contribution in [-0.2, 0) is 11.3 Å². The van der Waals surface area contributed by atoms with Gasteiger partial charge in [-0.15, -0.1) is 0 Å². The van der Waals surface area contributed by atoms with E-state index in [1.807, 2.05) is 0 Å². The van der Waals surface area contributed by atoms with E-state index in [2.05, 4.69) is 4.98 Å². The molecule has 2 aliphatic rings. The Morgan fingerprint density at radius 2 is 2.16 bits per heavy atom. The number of carbonyl (C=O) groups excluding carboxylic acids is 1. The van der Waals surface area contributed by atoms with E-state index in [-0.39, 0.29) is 24.2 Å². The predicted octanol–water partition coefficient (Wildman–Crippen LogP) is -0.494. The largest absolute Gasteiger partial charge is 0.481 e. The molecule has 1 saturated heterocycles. The summed E-state index contributed by atoms with van der Waals surface area (Å²) in [5.41, 5.74) is -0.311. The van der Waals surface area contributed by atoms with Gasteiger partial charge in [0, 0.05) is 31.6 Å². The first-order valence-corrected chi connectivity index (χ1v) is 6.81. The van der Waals surface area contributed by atoms with E-state index in [4.69, 9.17) is 5.11 Å². The monoisotopic (exact) mass is 281 g/mol. The first-order chi connectivity index (χ1) is 9.08. The summed E-state index contributed by atoms with van der Waals surface area (Å²) >= 11 is 1.48. The number of hydrogen-bond acceptors (Lipinski definition) is 5. The van der Waals surface area contributed by atoms with Gasteiger partial charge in [0.05, 0.1) is 5.92 Å². The highest BCUT2D eigenvalue weighted by atomic mass is 32.2. The lowest BCUT2D eigenvalue weighted by Gasteiger charge is -2.36. The Kier molecular flexibility index (Phi) is 2.81. The molecule has 0 aromatic carbocycles. The van der Waals surface area contributed by atoms with Gasteiger partial charge in [-0.1, -0.05) is 11.8 Å². The zero-order chi connectivity index (χ0) is 13.6. The van der Waals surface area contributed by atoms with Gasteiger partial charge < -0.3 is 10.0 Å². The predicted molar refractivity (Wildman–Crippen MR) is 66.3 cm³/mol. The number of thioether (sulfide) groups is 1. The van der Waals surface area contributed by atoms with Crippen LogP contribution in [0.4, 0.5) is 0 Å². The fourth-order valence-corrected chi connectivity index (χ4v) is 3.05. The van der Waals surface area contributed by atoms with Gasteiger partial charge in [0.2, 0.25) is 0 Å². The molecular weight excluding hydrogens is 270 g/mol. The van der Waals surface area contributed by atoms with Gasteiger partial charge in [-0.2, -0.15) is 0 Å². The van der Waals surface area contributed by atoms with Crippen LogP contribution in [-0.4, -0.2) is 50.3 Å². The molecule has 1 aromatic heterocycles. The first-order valence-electron chi connectivity index (χ1n) is 5.82. The molecule has 3 heterocycles. The summed E-state index contributed by atoms with van der Waals surface area (Å²) in [5.74, 6) is -1.08. The Morgan fingerprint density at radius 1 is 1.42 bits per heavy atom. The van der Waals surface area contributed by atoms with Crippen LogP contribution < -0.4 is 5.56 Å².